The third-order valence-corrected chi connectivity index (χ3v) is 1.74. The third kappa shape index (κ3) is 5.14. The lowest BCUT2D eigenvalue weighted by molar-refractivity contribution is 0.428. The number of nitrogens with zero attached hydrogens (tertiary/aromatic N) is 1. The average Bonchev–Trinajstić information content (AvgIpc) is 1.96. The van der Waals surface area contributed by atoms with Crippen LogP contribution >= 0.6 is 0 Å². The minimum atomic E-state index is 0.642. The topological polar surface area (TPSA) is 3.24 Å². The van der Waals surface area contributed by atoms with Gasteiger partial charge < -0.3 is 4.90 Å². The quantitative estimate of drug-likeness (QED) is 0.582. The lowest BCUT2D eigenvalue weighted by Crippen LogP contribution is -2.17. The van der Waals surface area contributed by atoms with Crippen molar-refractivity contribution in [1.82, 2.24) is 4.90 Å². The Hall–Kier alpha value is -0.560. The van der Waals surface area contributed by atoms with Crippen LogP contribution in [-0.2, 0) is 0 Å². The molecular formula is C11H21N. The summed E-state index contributed by atoms with van der Waals surface area (Å²) in [6.45, 7) is 7.57. The summed E-state index contributed by atoms with van der Waals surface area (Å²) in [7, 11) is 4.21. The molecule has 0 aliphatic carbocycles. The fourth-order valence-electron chi connectivity index (χ4n) is 1.01. The molecule has 0 unspecified atom stereocenters. The van der Waals surface area contributed by atoms with Gasteiger partial charge in [0, 0.05) is 6.54 Å². The van der Waals surface area contributed by atoms with Gasteiger partial charge in [0.05, 0.1) is 0 Å². The normalized spacial score (nSPS) is 13.8. The molecular weight excluding hydrogens is 146 g/mol. The van der Waals surface area contributed by atoms with E-state index in [2.05, 4.69) is 51.1 Å². The van der Waals surface area contributed by atoms with Gasteiger partial charge in [-0.1, -0.05) is 37.6 Å². The number of hydrogen-bond acceptors (Lipinski definition) is 1. The van der Waals surface area contributed by atoms with Gasteiger partial charge in [0.15, 0.2) is 0 Å². The van der Waals surface area contributed by atoms with Crippen LogP contribution in [0, 0.1) is 5.92 Å². The Bertz CT molecular complexity index is 164. The van der Waals surface area contributed by atoms with Gasteiger partial charge in [0.2, 0.25) is 0 Å². The van der Waals surface area contributed by atoms with Crippen LogP contribution in [0.15, 0.2) is 23.8 Å². The van der Waals surface area contributed by atoms with E-state index in [0.717, 1.165) is 6.54 Å². The molecule has 1 heteroatoms. The summed E-state index contributed by atoms with van der Waals surface area (Å²) in [5, 5.41) is 0. The zero-order valence-electron chi connectivity index (χ0n) is 8.96. The van der Waals surface area contributed by atoms with E-state index in [4.69, 9.17) is 0 Å². The molecule has 1 nitrogen and oxygen atoms in total. The molecule has 12 heavy (non-hydrogen) atoms. The van der Waals surface area contributed by atoms with Crippen molar-refractivity contribution in [2.45, 2.75) is 20.8 Å². The van der Waals surface area contributed by atoms with Gasteiger partial charge in [0.25, 0.3) is 0 Å². The maximum atomic E-state index is 2.23. The van der Waals surface area contributed by atoms with Crippen molar-refractivity contribution >= 4 is 0 Å². The van der Waals surface area contributed by atoms with E-state index >= 15 is 0 Å². The predicted molar refractivity (Wildman–Crippen MR) is 56.3 cm³/mol. The highest BCUT2D eigenvalue weighted by atomic mass is 15.0. The van der Waals surface area contributed by atoms with Gasteiger partial charge in [-0.15, -0.1) is 0 Å². The first kappa shape index (κ1) is 11.4. The Balaban J connectivity index is 4.22. The molecule has 0 aliphatic rings. The summed E-state index contributed by atoms with van der Waals surface area (Å²) < 4.78 is 0. The maximum absolute atomic E-state index is 2.23. The van der Waals surface area contributed by atoms with Crippen LogP contribution < -0.4 is 0 Å². The van der Waals surface area contributed by atoms with Crippen LogP contribution in [0.5, 0.6) is 0 Å². The first-order chi connectivity index (χ1) is 5.57. The molecule has 0 aromatic rings. The Morgan fingerprint density at radius 2 is 1.92 bits per heavy atom. The van der Waals surface area contributed by atoms with Crippen LogP contribution in [0.1, 0.15) is 20.8 Å². The number of likely N-dealkylation sites (N-methyl/N-ethyl adjacent to an activating group) is 1. The van der Waals surface area contributed by atoms with Crippen molar-refractivity contribution in [1.29, 1.82) is 0 Å². The van der Waals surface area contributed by atoms with Crippen molar-refractivity contribution in [2.75, 3.05) is 20.6 Å². The maximum Gasteiger partial charge on any atom is 0.0192 e. The molecule has 0 amide bonds. The zero-order chi connectivity index (χ0) is 9.56. The fraction of sp³-hybridized carbons (Fsp3) is 0.636. The number of allylic oxidation sites excluding steroid dienone is 3. The van der Waals surface area contributed by atoms with Crippen LogP contribution in [-0.4, -0.2) is 25.5 Å². The highest BCUT2D eigenvalue weighted by molar-refractivity contribution is 5.15. The SMILES string of the molecule is C/C=C\C=C(\CN(C)C)C(C)C. The van der Waals surface area contributed by atoms with Crippen molar-refractivity contribution in [2.24, 2.45) is 5.92 Å². The Morgan fingerprint density at radius 1 is 1.33 bits per heavy atom. The van der Waals surface area contributed by atoms with Crippen molar-refractivity contribution in [3.8, 4) is 0 Å². The second-order valence-corrected chi connectivity index (χ2v) is 3.66. The van der Waals surface area contributed by atoms with Gasteiger partial charge in [-0.3, -0.25) is 0 Å². The van der Waals surface area contributed by atoms with Crippen LogP contribution in [0.2, 0.25) is 0 Å². The first-order valence-corrected chi connectivity index (χ1v) is 4.54. The molecule has 0 heterocycles. The van der Waals surface area contributed by atoms with Gasteiger partial charge in [-0.25, -0.2) is 0 Å². The van der Waals surface area contributed by atoms with Gasteiger partial charge >= 0.3 is 0 Å². The van der Waals surface area contributed by atoms with E-state index in [-0.39, 0.29) is 0 Å². The van der Waals surface area contributed by atoms with Gasteiger partial charge in [-0.05, 0) is 26.9 Å². The predicted octanol–water partition coefficient (Wildman–Crippen LogP) is 2.71. The van der Waals surface area contributed by atoms with Crippen molar-refractivity contribution in [3.05, 3.63) is 23.8 Å². The molecule has 0 saturated carbocycles. The van der Waals surface area contributed by atoms with E-state index in [1.165, 1.54) is 5.57 Å². The second kappa shape index (κ2) is 6.01. The van der Waals surface area contributed by atoms with Crippen molar-refractivity contribution in [3.63, 3.8) is 0 Å². The Labute approximate surface area is 76.8 Å². The van der Waals surface area contributed by atoms with E-state index in [1.54, 1.807) is 0 Å². The largest absolute Gasteiger partial charge is 0.305 e. The highest BCUT2D eigenvalue weighted by Crippen LogP contribution is 2.10. The summed E-state index contributed by atoms with van der Waals surface area (Å²) >= 11 is 0. The highest BCUT2D eigenvalue weighted by Gasteiger charge is 2.02. The minimum Gasteiger partial charge on any atom is -0.305 e. The summed E-state index contributed by atoms with van der Waals surface area (Å²) in [5.74, 6) is 0.642. The van der Waals surface area contributed by atoms with Crippen LogP contribution in [0.4, 0.5) is 0 Å². The van der Waals surface area contributed by atoms with Gasteiger partial charge in [-0.2, -0.15) is 0 Å². The molecule has 0 radical (unpaired) electrons. The molecule has 0 rings (SSSR count). The molecule has 70 valence electrons. The Morgan fingerprint density at radius 3 is 2.25 bits per heavy atom. The second-order valence-electron chi connectivity index (χ2n) is 3.66. The fourth-order valence-corrected chi connectivity index (χ4v) is 1.01. The molecule has 0 bridgehead atoms. The molecule has 0 saturated heterocycles. The van der Waals surface area contributed by atoms with E-state index in [1.807, 2.05) is 6.92 Å². The minimum absolute atomic E-state index is 0.642. The molecule has 0 aromatic heterocycles. The smallest absolute Gasteiger partial charge is 0.0192 e. The molecule has 0 atom stereocenters. The van der Waals surface area contributed by atoms with Crippen LogP contribution in [0.25, 0.3) is 0 Å². The number of hydrogen-bond donors (Lipinski definition) is 0. The average molecular weight is 167 g/mol. The monoisotopic (exact) mass is 167 g/mol. The molecule has 0 spiro atoms. The van der Waals surface area contributed by atoms with Crippen LogP contribution in [0.3, 0.4) is 0 Å². The lowest BCUT2D eigenvalue weighted by Gasteiger charge is -2.15. The molecule has 0 fully saturated rings. The van der Waals surface area contributed by atoms with E-state index in [0.29, 0.717) is 5.92 Å². The third-order valence-electron chi connectivity index (χ3n) is 1.74. The summed E-state index contributed by atoms with van der Waals surface area (Å²) in [5.41, 5.74) is 1.48. The number of rotatable bonds is 4. The molecule has 0 N–H and O–H groups in total. The molecule has 0 aromatic carbocycles. The summed E-state index contributed by atoms with van der Waals surface area (Å²) in [4.78, 5) is 2.20. The summed E-state index contributed by atoms with van der Waals surface area (Å²) in [6, 6.07) is 0. The van der Waals surface area contributed by atoms with Crippen molar-refractivity contribution < 1.29 is 0 Å². The lowest BCUT2D eigenvalue weighted by atomic mass is 10.0. The Kier molecular flexibility index (Phi) is 5.73. The standard InChI is InChI=1S/C11H21N/c1-6-7-8-11(10(2)3)9-12(4)5/h6-8,10H,9H2,1-5H3/b7-6-,11-8-. The summed E-state index contributed by atoms with van der Waals surface area (Å²) in [6.07, 6.45) is 6.39. The molecule has 0 aliphatic heterocycles. The van der Waals surface area contributed by atoms with E-state index < -0.39 is 0 Å². The van der Waals surface area contributed by atoms with E-state index in [9.17, 15) is 0 Å². The first-order valence-electron chi connectivity index (χ1n) is 4.54. The van der Waals surface area contributed by atoms with Gasteiger partial charge in [0.1, 0.15) is 0 Å². The zero-order valence-corrected chi connectivity index (χ0v) is 8.96.